The number of carbonyl (C=O) groups is 2. The molecule has 1 unspecified atom stereocenters. The second-order valence-corrected chi connectivity index (χ2v) is 5.21. The van der Waals surface area contributed by atoms with E-state index < -0.39 is 16.1 Å². The van der Waals surface area contributed by atoms with Gasteiger partial charge in [-0.1, -0.05) is 0 Å². The van der Waals surface area contributed by atoms with E-state index in [1.807, 2.05) is 0 Å². The molecular formula is C7H7N5O2S2. The number of hydrogen-bond acceptors (Lipinski definition) is 7. The lowest BCUT2D eigenvalue weighted by atomic mass is 10.6. The van der Waals surface area contributed by atoms with Crippen LogP contribution in [0.1, 0.15) is 0 Å². The molecule has 1 aliphatic heterocycles. The number of thioether (sulfide) groups is 2. The molecule has 1 saturated heterocycles. The van der Waals surface area contributed by atoms with Crippen LogP contribution in [0.25, 0.3) is 0 Å². The van der Waals surface area contributed by atoms with Gasteiger partial charge in [0, 0.05) is 0 Å². The van der Waals surface area contributed by atoms with Crippen molar-refractivity contribution in [2.24, 2.45) is 0 Å². The minimum Gasteiger partial charge on any atom is -0.306 e. The third kappa shape index (κ3) is 1.95. The predicted molar refractivity (Wildman–Crippen MR) is 58.6 cm³/mol. The molecule has 84 valence electrons. The van der Waals surface area contributed by atoms with Gasteiger partial charge < -0.3 is 5.32 Å². The Hall–Kier alpha value is -1.35. The van der Waals surface area contributed by atoms with Gasteiger partial charge in [0.15, 0.2) is 5.16 Å². The highest BCUT2D eigenvalue weighted by atomic mass is 32.2. The highest BCUT2D eigenvalue weighted by Crippen LogP contribution is 2.38. The van der Waals surface area contributed by atoms with Gasteiger partial charge in [0.05, 0.1) is 0 Å². The van der Waals surface area contributed by atoms with E-state index >= 15 is 0 Å². The topological polar surface area (TPSA) is 96.9 Å². The largest absolute Gasteiger partial charge is 0.323 e. The molecule has 7 nitrogen and oxygen atoms in total. The fraction of sp³-hybridized carbons (Fsp3) is 0.286. The summed E-state index contributed by atoms with van der Waals surface area (Å²) in [7, 11) is 0. The molecule has 16 heavy (non-hydrogen) atoms. The third-order valence-electron chi connectivity index (χ3n) is 1.80. The van der Waals surface area contributed by atoms with E-state index in [4.69, 9.17) is 0 Å². The molecule has 1 aliphatic rings. The summed E-state index contributed by atoms with van der Waals surface area (Å²) in [5.74, 6) is -0.407. The van der Waals surface area contributed by atoms with Crippen LogP contribution in [0.3, 0.4) is 0 Å². The minimum absolute atomic E-state index is 0.377. The summed E-state index contributed by atoms with van der Waals surface area (Å²) >= 11 is 2.27. The molecule has 0 aliphatic carbocycles. The maximum Gasteiger partial charge on any atom is 0.323 e. The van der Waals surface area contributed by atoms with Gasteiger partial charge in [-0.25, -0.2) is 19.7 Å². The average Bonchev–Trinajstić information content (AvgIpc) is 2.56. The Balaban J connectivity index is 2.24. The fourth-order valence-electron chi connectivity index (χ4n) is 1.09. The van der Waals surface area contributed by atoms with E-state index in [1.165, 1.54) is 24.4 Å². The van der Waals surface area contributed by atoms with Crippen LogP contribution < -0.4 is 10.6 Å². The number of nitrogens with zero attached hydrogens (tertiary/aromatic N) is 3. The summed E-state index contributed by atoms with van der Waals surface area (Å²) in [6.45, 7) is 0. The number of hydrogen-bond donors (Lipinski definition) is 2. The number of amides is 3. The molecule has 1 fully saturated rings. The van der Waals surface area contributed by atoms with Gasteiger partial charge in [-0.3, -0.25) is 10.1 Å². The zero-order valence-electron chi connectivity index (χ0n) is 8.13. The Bertz CT molecular complexity index is 428. The number of carbonyl (C=O) groups excluding carboxylic acids is 2. The van der Waals surface area contributed by atoms with E-state index in [0.29, 0.717) is 5.16 Å². The SMILES string of the molecule is CSC1(Sc2ncncn2)NC(=O)NC1=O. The molecule has 3 amide bonds. The lowest BCUT2D eigenvalue weighted by molar-refractivity contribution is -0.119. The Morgan fingerprint density at radius 3 is 2.50 bits per heavy atom. The third-order valence-corrected chi connectivity index (χ3v) is 4.38. The maximum absolute atomic E-state index is 11.6. The summed E-state index contributed by atoms with van der Waals surface area (Å²) in [6, 6.07) is -0.513. The standard InChI is InChI=1S/C7H7N5O2S2/c1-15-7(4(13)11-5(14)12-7)16-6-9-2-8-3-10-6/h2-3H,1H3,(H2,11,12,13,14). The molecule has 0 spiro atoms. The summed E-state index contributed by atoms with van der Waals surface area (Å²) < 4.78 is -1.10. The summed E-state index contributed by atoms with van der Waals surface area (Å²) in [6.07, 6.45) is 4.38. The van der Waals surface area contributed by atoms with Gasteiger partial charge >= 0.3 is 6.03 Å². The molecule has 1 atom stereocenters. The van der Waals surface area contributed by atoms with Crippen molar-refractivity contribution in [3.8, 4) is 0 Å². The van der Waals surface area contributed by atoms with Crippen molar-refractivity contribution < 1.29 is 9.59 Å². The minimum atomic E-state index is -1.10. The van der Waals surface area contributed by atoms with Crippen molar-refractivity contribution in [1.82, 2.24) is 25.6 Å². The first kappa shape index (κ1) is 11.1. The quantitative estimate of drug-likeness (QED) is 0.572. The molecule has 1 aromatic heterocycles. The Morgan fingerprint density at radius 2 is 2.00 bits per heavy atom. The predicted octanol–water partition coefficient (Wildman–Crippen LogP) is -0.180. The second kappa shape index (κ2) is 4.26. The Morgan fingerprint density at radius 1 is 1.31 bits per heavy atom. The van der Waals surface area contributed by atoms with Gasteiger partial charge in [0.1, 0.15) is 12.7 Å². The molecular weight excluding hydrogens is 250 g/mol. The van der Waals surface area contributed by atoms with Crippen LogP contribution in [-0.4, -0.2) is 37.3 Å². The van der Waals surface area contributed by atoms with Crippen LogP contribution >= 0.6 is 23.5 Å². The van der Waals surface area contributed by atoms with Gasteiger partial charge in [-0.15, -0.1) is 11.8 Å². The molecule has 2 heterocycles. The molecule has 0 bridgehead atoms. The van der Waals surface area contributed by atoms with Crippen molar-refractivity contribution in [2.45, 2.75) is 9.36 Å². The Labute approximate surface area is 99.2 Å². The monoisotopic (exact) mass is 257 g/mol. The second-order valence-electron chi connectivity index (χ2n) is 2.75. The normalized spacial score (nSPS) is 24.1. The number of aromatic nitrogens is 3. The number of urea groups is 1. The van der Waals surface area contributed by atoms with Gasteiger partial charge in [-0.05, 0) is 18.0 Å². The zero-order chi connectivity index (χ0) is 11.6. The van der Waals surface area contributed by atoms with Crippen molar-refractivity contribution in [3.63, 3.8) is 0 Å². The lowest BCUT2D eigenvalue weighted by Crippen LogP contribution is -2.39. The van der Waals surface area contributed by atoms with Crippen LogP contribution in [0.15, 0.2) is 17.8 Å². The van der Waals surface area contributed by atoms with Crippen molar-refractivity contribution >= 4 is 35.5 Å². The molecule has 2 N–H and O–H groups in total. The molecule has 0 aromatic carbocycles. The van der Waals surface area contributed by atoms with Crippen LogP contribution in [-0.2, 0) is 4.79 Å². The molecule has 9 heteroatoms. The van der Waals surface area contributed by atoms with E-state index in [-0.39, 0.29) is 0 Å². The van der Waals surface area contributed by atoms with E-state index in [1.54, 1.807) is 6.26 Å². The van der Waals surface area contributed by atoms with Crippen LogP contribution in [0.5, 0.6) is 0 Å². The first-order valence-electron chi connectivity index (χ1n) is 4.16. The summed E-state index contributed by atoms with van der Waals surface area (Å²) in [4.78, 5) is 34.2. The molecule has 1 aromatic rings. The van der Waals surface area contributed by atoms with Crippen LogP contribution in [0.2, 0.25) is 0 Å². The smallest absolute Gasteiger partial charge is 0.306 e. The first-order valence-corrected chi connectivity index (χ1v) is 6.20. The molecule has 2 rings (SSSR count). The fourth-order valence-corrected chi connectivity index (χ4v) is 2.82. The van der Waals surface area contributed by atoms with Crippen LogP contribution in [0, 0.1) is 0 Å². The Kier molecular flexibility index (Phi) is 2.97. The van der Waals surface area contributed by atoms with Gasteiger partial charge in [0.2, 0.25) is 4.20 Å². The molecule has 0 saturated carbocycles. The summed E-state index contributed by atoms with van der Waals surface area (Å²) in [5.41, 5.74) is 0. The van der Waals surface area contributed by atoms with Crippen molar-refractivity contribution in [1.29, 1.82) is 0 Å². The van der Waals surface area contributed by atoms with E-state index in [0.717, 1.165) is 11.8 Å². The van der Waals surface area contributed by atoms with Gasteiger partial charge in [0.25, 0.3) is 5.91 Å². The number of rotatable bonds is 3. The van der Waals surface area contributed by atoms with Crippen molar-refractivity contribution in [2.75, 3.05) is 6.26 Å². The van der Waals surface area contributed by atoms with Crippen LogP contribution in [0.4, 0.5) is 4.79 Å². The summed E-state index contributed by atoms with van der Waals surface area (Å²) in [5, 5.41) is 5.09. The van der Waals surface area contributed by atoms with Gasteiger partial charge in [-0.2, -0.15) is 0 Å². The van der Waals surface area contributed by atoms with E-state index in [2.05, 4.69) is 25.6 Å². The lowest BCUT2D eigenvalue weighted by Gasteiger charge is -2.20. The zero-order valence-corrected chi connectivity index (χ0v) is 9.76. The number of nitrogens with one attached hydrogen (secondary N) is 2. The highest BCUT2D eigenvalue weighted by molar-refractivity contribution is 8.19. The number of imide groups is 1. The average molecular weight is 257 g/mol. The maximum atomic E-state index is 11.6. The van der Waals surface area contributed by atoms with E-state index in [9.17, 15) is 9.59 Å². The van der Waals surface area contributed by atoms with Crippen molar-refractivity contribution in [3.05, 3.63) is 12.7 Å². The first-order chi connectivity index (χ1) is 7.66. The highest BCUT2D eigenvalue weighted by Gasteiger charge is 2.47. The molecule has 0 radical (unpaired) electrons.